The molecule has 138 valence electrons. The van der Waals surface area contributed by atoms with Crippen LogP contribution in [-0.2, 0) is 17.6 Å². The van der Waals surface area contributed by atoms with Gasteiger partial charge >= 0.3 is 5.97 Å². The maximum Gasteiger partial charge on any atom is 0.338 e. The first-order valence-electron chi connectivity index (χ1n) is 8.94. The number of carbonyl (C=O) groups excluding carboxylic acids is 1. The lowest BCUT2D eigenvalue weighted by atomic mass is 9.79. The Kier molecular flexibility index (Phi) is 5.76. The van der Waals surface area contributed by atoms with E-state index in [4.69, 9.17) is 14.2 Å². The maximum absolute atomic E-state index is 12.0. The molecule has 5 heteroatoms. The number of nitrogens with zero attached hydrogens (tertiary/aromatic N) is 1. The van der Waals surface area contributed by atoms with Crippen molar-refractivity contribution >= 4 is 5.97 Å². The highest BCUT2D eigenvalue weighted by molar-refractivity contribution is 5.90. The summed E-state index contributed by atoms with van der Waals surface area (Å²) in [4.78, 5) is 16.1. The number of esters is 1. The van der Waals surface area contributed by atoms with Gasteiger partial charge in [-0.1, -0.05) is 0 Å². The van der Waals surface area contributed by atoms with E-state index in [-0.39, 0.29) is 5.97 Å². The summed E-state index contributed by atoms with van der Waals surface area (Å²) in [7, 11) is 4.79. The minimum absolute atomic E-state index is 0.311. The summed E-state index contributed by atoms with van der Waals surface area (Å²) in [5.74, 6) is 1.81. The van der Waals surface area contributed by atoms with Gasteiger partial charge in [-0.25, -0.2) is 4.79 Å². The molecule has 1 aliphatic carbocycles. The molecule has 0 spiro atoms. The number of fused-ring (bicyclic) bond motifs is 1. The van der Waals surface area contributed by atoms with Crippen molar-refractivity contribution in [3.63, 3.8) is 0 Å². The second kappa shape index (κ2) is 8.21. The molecular weight excluding hydrogens is 330 g/mol. The lowest BCUT2D eigenvalue weighted by Crippen LogP contribution is -2.14. The van der Waals surface area contributed by atoms with Crippen LogP contribution >= 0.6 is 0 Å². The highest BCUT2D eigenvalue weighted by Gasteiger charge is 2.25. The largest absolute Gasteiger partial charge is 0.497 e. The third kappa shape index (κ3) is 3.66. The third-order valence-electron chi connectivity index (χ3n) is 5.13. The zero-order chi connectivity index (χ0) is 18.5. The van der Waals surface area contributed by atoms with Crippen molar-refractivity contribution in [3.05, 3.63) is 52.8 Å². The Morgan fingerprint density at radius 1 is 1.23 bits per heavy atom. The Balaban J connectivity index is 1.85. The van der Waals surface area contributed by atoms with Crippen LogP contribution in [0.4, 0.5) is 0 Å². The number of benzene rings is 1. The van der Waals surface area contributed by atoms with E-state index in [1.54, 1.807) is 32.7 Å². The average Bonchev–Trinajstić information content (AvgIpc) is 2.70. The normalized spacial score (nSPS) is 15.9. The lowest BCUT2D eigenvalue weighted by molar-refractivity contribution is 0.0599. The second-order valence-electron chi connectivity index (χ2n) is 6.55. The number of hydrogen-bond acceptors (Lipinski definition) is 5. The molecule has 0 N–H and O–H groups in total. The highest BCUT2D eigenvalue weighted by Crippen LogP contribution is 2.42. The number of rotatable bonds is 6. The Morgan fingerprint density at radius 2 is 2.08 bits per heavy atom. The molecule has 2 aromatic rings. The van der Waals surface area contributed by atoms with Gasteiger partial charge in [-0.2, -0.15) is 0 Å². The van der Waals surface area contributed by atoms with Crippen LogP contribution in [0.2, 0.25) is 0 Å². The summed E-state index contributed by atoms with van der Waals surface area (Å²) in [6.07, 6.45) is 8.40. The van der Waals surface area contributed by atoms with Crippen LogP contribution in [0.3, 0.4) is 0 Å². The molecule has 0 fully saturated rings. The van der Waals surface area contributed by atoms with Crippen LogP contribution in [0.1, 0.15) is 52.2 Å². The molecule has 0 saturated carbocycles. The SMILES string of the molecule is COC(=O)c1ccncc1CCC1CCCc2cc(OC)cc(OC)c21. The number of carbonyl (C=O) groups is 1. The highest BCUT2D eigenvalue weighted by atomic mass is 16.5. The van der Waals surface area contributed by atoms with E-state index in [1.807, 2.05) is 6.07 Å². The van der Waals surface area contributed by atoms with Crippen molar-refractivity contribution in [2.24, 2.45) is 0 Å². The molecular formula is C21H25NO4. The van der Waals surface area contributed by atoms with Crippen LogP contribution in [0.15, 0.2) is 30.6 Å². The Hall–Kier alpha value is -2.56. The predicted octanol–water partition coefficient (Wildman–Crippen LogP) is 3.94. The van der Waals surface area contributed by atoms with E-state index >= 15 is 0 Å². The van der Waals surface area contributed by atoms with Crippen LogP contribution < -0.4 is 9.47 Å². The molecule has 0 bridgehead atoms. The smallest absolute Gasteiger partial charge is 0.338 e. The first-order chi connectivity index (χ1) is 12.7. The minimum atomic E-state index is -0.311. The van der Waals surface area contributed by atoms with E-state index in [2.05, 4.69) is 11.1 Å². The summed E-state index contributed by atoms with van der Waals surface area (Å²) in [6, 6.07) is 5.80. The first kappa shape index (κ1) is 18.2. The topological polar surface area (TPSA) is 57.7 Å². The molecule has 0 aliphatic heterocycles. The average molecular weight is 355 g/mol. The number of hydrogen-bond donors (Lipinski definition) is 0. The maximum atomic E-state index is 12.0. The summed E-state index contributed by atoms with van der Waals surface area (Å²) in [5.41, 5.74) is 4.11. The fourth-order valence-electron chi connectivity index (χ4n) is 3.85. The molecule has 5 nitrogen and oxygen atoms in total. The van der Waals surface area contributed by atoms with Gasteiger partial charge in [0, 0.05) is 24.0 Å². The van der Waals surface area contributed by atoms with E-state index in [0.29, 0.717) is 11.5 Å². The van der Waals surface area contributed by atoms with Gasteiger partial charge in [0.25, 0.3) is 0 Å². The lowest BCUT2D eigenvalue weighted by Gasteiger charge is -2.28. The molecule has 1 atom stereocenters. The van der Waals surface area contributed by atoms with Gasteiger partial charge in [0.1, 0.15) is 11.5 Å². The molecule has 3 rings (SSSR count). The zero-order valence-corrected chi connectivity index (χ0v) is 15.6. The first-order valence-corrected chi connectivity index (χ1v) is 8.94. The monoisotopic (exact) mass is 355 g/mol. The van der Waals surface area contributed by atoms with Crippen molar-refractivity contribution in [2.45, 2.75) is 38.0 Å². The molecule has 1 aliphatic rings. The van der Waals surface area contributed by atoms with Gasteiger partial charge in [-0.15, -0.1) is 0 Å². The summed E-state index contributed by atoms with van der Waals surface area (Å²) < 4.78 is 15.9. The van der Waals surface area contributed by atoms with Crippen molar-refractivity contribution < 1.29 is 19.0 Å². The minimum Gasteiger partial charge on any atom is -0.497 e. The van der Waals surface area contributed by atoms with E-state index in [9.17, 15) is 4.79 Å². The molecule has 1 aromatic carbocycles. The van der Waals surface area contributed by atoms with E-state index in [1.165, 1.54) is 18.2 Å². The van der Waals surface area contributed by atoms with Crippen molar-refractivity contribution in [2.75, 3.05) is 21.3 Å². The van der Waals surface area contributed by atoms with Crippen molar-refractivity contribution in [1.29, 1.82) is 0 Å². The molecule has 26 heavy (non-hydrogen) atoms. The number of ether oxygens (including phenoxy) is 3. The quantitative estimate of drug-likeness (QED) is 0.735. The van der Waals surface area contributed by atoms with Gasteiger partial charge in [0.05, 0.1) is 26.9 Å². The number of methoxy groups -OCH3 is 3. The number of pyridine rings is 1. The van der Waals surface area contributed by atoms with Gasteiger partial charge in [-0.05, 0) is 61.3 Å². The van der Waals surface area contributed by atoms with E-state index in [0.717, 1.165) is 49.2 Å². The zero-order valence-electron chi connectivity index (χ0n) is 15.6. The molecule has 0 saturated heterocycles. The molecule has 1 aromatic heterocycles. The molecule has 1 heterocycles. The van der Waals surface area contributed by atoms with Crippen LogP contribution in [0.5, 0.6) is 11.5 Å². The number of aromatic nitrogens is 1. The summed E-state index contributed by atoms with van der Waals surface area (Å²) in [5, 5.41) is 0. The fraction of sp³-hybridized carbons (Fsp3) is 0.429. The van der Waals surface area contributed by atoms with Gasteiger partial charge in [-0.3, -0.25) is 4.98 Å². The van der Waals surface area contributed by atoms with Crippen LogP contribution in [-0.4, -0.2) is 32.3 Å². The van der Waals surface area contributed by atoms with Gasteiger partial charge in [0.2, 0.25) is 0 Å². The van der Waals surface area contributed by atoms with Crippen molar-refractivity contribution in [3.8, 4) is 11.5 Å². The molecule has 1 unspecified atom stereocenters. The Bertz CT molecular complexity index is 770. The van der Waals surface area contributed by atoms with Gasteiger partial charge in [0.15, 0.2) is 0 Å². The van der Waals surface area contributed by atoms with E-state index < -0.39 is 0 Å². The Morgan fingerprint density at radius 3 is 2.81 bits per heavy atom. The predicted molar refractivity (Wildman–Crippen MR) is 99.1 cm³/mol. The van der Waals surface area contributed by atoms with Crippen LogP contribution in [0.25, 0.3) is 0 Å². The summed E-state index contributed by atoms with van der Waals surface area (Å²) in [6.45, 7) is 0. The molecule has 0 radical (unpaired) electrons. The van der Waals surface area contributed by atoms with Crippen LogP contribution in [0, 0.1) is 0 Å². The van der Waals surface area contributed by atoms with Crippen molar-refractivity contribution in [1.82, 2.24) is 4.98 Å². The van der Waals surface area contributed by atoms with Gasteiger partial charge < -0.3 is 14.2 Å². The molecule has 0 amide bonds. The summed E-state index contributed by atoms with van der Waals surface area (Å²) >= 11 is 0. The third-order valence-corrected chi connectivity index (χ3v) is 5.13. The fourth-order valence-corrected chi connectivity index (χ4v) is 3.85. The second-order valence-corrected chi connectivity index (χ2v) is 6.55. The standard InChI is InChI=1S/C21H25NO4/c1-24-17-11-15-6-4-5-14(20(15)19(12-17)25-2)7-8-16-13-22-10-9-18(16)21(23)26-3/h9-14H,4-8H2,1-3H3. The number of aryl methyl sites for hydroxylation is 2. The Labute approximate surface area is 154 Å².